The number of nitrogens with zero attached hydrogens (tertiary/aromatic N) is 6. The fraction of sp³-hybridized carbons (Fsp3) is 0.407. The number of H-pyrrole nitrogens is 1. The van der Waals surface area contributed by atoms with Gasteiger partial charge in [-0.15, -0.1) is 0 Å². The van der Waals surface area contributed by atoms with Crippen LogP contribution < -0.4 is 0 Å². The molecular weight excluding hydrogens is 454 g/mol. The van der Waals surface area contributed by atoms with Crippen molar-refractivity contribution in [2.45, 2.75) is 38.1 Å². The molecule has 0 aromatic carbocycles. The van der Waals surface area contributed by atoms with Gasteiger partial charge in [0.25, 0.3) is 5.91 Å². The molecule has 1 amide bonds. The molecule has 1 aliphatic carbocycles. The van der Waals surface area contributed by atoms with Gasteiger partial charge in [-0.2, -0.15) is 5.26 Å². The molecule has 9 heteroatoms. The largest absolute Gasteiger partial charge is 0.453 e. The highest BCUT2D eigenvalue weighted by Crippen LogP contribution is 2.38. The molecule has 1 aliphatic heterocycles. The average Bonchev–Trinajstić information content (AvgIpc) is 3.65. The molecule has 4 aromatic heterocycles. The van der Waals surface area contributed by atoms with Crippen LogP contribution in [0.15, 0.2) is 40.6 Å². The van der Waals surface area contributed by atoms with E-state index in [0.29, 0.717) is 30.7 Å². The molecule has 1 saturated heterocycles. The maximum absolute atomic E-state index is 12.9. The van der Waals surface area contributed by atoms with Crippen molar-refractivity contribution in [1.29, 1.82) is 5.26 Å². The Morgan fingerprint density at radius 3 is 2.75 bits per heavy atom. The quantitative estimate of drug-likeness (QED) is 0.341. The van der Waals surface area contributed by atoms with Crippen LogP contribution in [0, 0.1) is 11.3 Å². The molecular formula is C27H29N7O2. The van der Waals surface area contributed by atoms with E-state index in [4.69, 9.17) is 9.40 Å². The SMILES string of the molecule is CN1CCN(C(=O)C(C#N)=Cc2ccc(-c3nc4cnc5[nH]ccc5c4n3C3CCCCC3)o2)CC1. The first-order valence-corrected chi connectivity index (χ1v) is 12.7. The Kier molecular flexibility index (Phi) is 5.82. The average molecular weight is 484 g/mol. The number of amides is 1. The third-order valence-corrected chi connectivity index (χ3v) is 7.45. The Bertz CT molecular complexity index is 1490. The van der Waals surface area contributed by atoms with Crippen LogP contribution in [-0.2, 0) is 4.79 Å². The van der Waals surface area contributed by atoms with Crippen LogP contribution in [0.5, 0.6) is 0 Å². The van der Waals surface area contributed by atoms with Crippen molar-refractivity contribution in [3.05, 3.63) is 41.9 Å². The zero-order valence-corrected chi connectivity index (χ0v) is 20.4. The van der Waals surface area contributed by atoms with Gasteiger partial charge >= 0.3 is 0 Å². The van der Waals surface area contributed by atoms with Crippen molar-refractivity contribution in [2.24, 2.45) is 0 Å². The van der Waals surface area contributed by atoms with E-state index in [0.717, 1.165) is 53.8 Å². The van der Waals surface area contributed by atoms with Gasteiger partial charge in [-0.25, -0.2) is 9.97 Å². The summed E-state index contributed by atoms with van der Waals surface area (Å²) < 4.78 is 8.51. The summed E-state index contributed by atoms with van der Waals surface area (Å²) in [6.45, 7) is 2.83. The zero-order chi connectivity index (χ0) is 24.6. The smallest absolute Gasteiger partial charge is 0.264 e. The minimum atomic E-state index is -0.251. The van der Waals surface area contributed by atoms with Gasteiger partial charge in [-0.05, 0) is 38.1 Å². The van der Waals surface area contributed by atoms with Crippen LogP contribution in [-0.4, -0.2) is 68.5 Å². The molecule has 1 N–H and O–H groups in total. The van der Waals surface area contributed by atoms with Crippen molar-refractivity contribution < 1.29 is 9.21 Å². The van der Waals surface area contributed by atoms with E-state index < -0.39 is 0 Å². The van der Waals surface area contributed by atoms with Crippen LogP contribution in [0.4, 0.5) is 0 Å². The third-order valence-electron chi connectivity index (χ3n) is 7.45. The molecule has 1 saturated carbocycles. The number of imidazole rings is 1. The minimum Gasteiger partial charge on any atom is -0.453 e. The topological polar surface area (TPSA) is 107 Å². The van der Waals surface area contributed by atoms with Gasteiger partial charge in [0.2, 0.25) is 0 Å². The fourth-order valence-electron chi connectivity index (χ4n) is 5.48. The number of aromatic amines is 1. The van der Waals surface area contributed by atoms with Crippen molar-refractivity contribution in [2.75, 3.05) is 33.2 Å². The first-order chi connectivity index (χ1) is 17.6. The normalized spacial score (nSPS) is 18.2. The van der Waals surface area contributed by atoms with Gasteiger partial charge in [-0.3, -0.25) is 4.79 Å². The molecule has 6 rings (SSSR count). The summed E-state index contributed by atoms with van der Waals surface area (Å²) in [5, 5.41) is 10.8. The second kappa shape index (κ2) is 9.28. The molecule has 0 radical (unpaired) electrons. The van der Waals surface area contributed by atoms with Crippen LogP contribution >= 0.6 is 0 Å². The molecule has 184 valence electrons. The summed E-state index contributed by atoms with van der Waals surface area (Å²) in [7, 11) is 2.03. The summed E-state index contributed by atoms with van der Waals surface area (Å²) in [6, 6.07) is 8.14. The predicted molar refractivity (Wildman–Crippen MR) is 137 cm³/mol. The Balaban J connectivity index is 1.38. The van der Waals surface area contributed by atoms with Crippen molar-refractivity contribution in [3.8, 4) is 17.7 Å². The number of piperazine rings is 1. The fourth-order valence-corrected chi connectivity index (χ4v) is 5.48. The lowest BCUT2D eigenvalue weighted by Crippen LogP contribution is -2.47. The van der Waals surface area contributed by atoms with Gasteiger partial charge in [-0.1, -0.05) is 19.3 Å². The molecule has 4 aromatic rings. The molecule has 36 heavy (non-hydrogen) atoms. The molecule has 0 bridgehead atoms. The van der Waals surface area contributed by atoms with E-state index in [1.807, 2.05) is 25.5 Å². The van der Waals surface area contributed by atoms with Crippen molar-refractivity contribution in [3.63, 3.8) is 0 Å². The number of rotatable bonds is 4. The summed E-state index contributed by atoms with van der Waals surface area (Å²) in [5.74, 6) is 1.60. The molecule has 0 unspecified atom stereocenters. The van der Waals surface area contributed by atoms with Crippen LogP contribution in [0.1, 0.15) is 43.9 Å². The van der Waals surface area contributed by atoms with E-state index in [1.165, 1.54) is 19.3 Å². The number of nitrogens with one attached hydrogen (secondary N) is 1. The van der Waals surface area contributed by atoms with E-state index in [9.17, 15) is 10.1 Å². The zero-order valence-electron chi connectivity index (χ0n) is 20.4. The summed E-state index contributed by atoms with van der Waals surface area (Å²) in [5.41, 5.74) is 2.83. The Hall–Kier alpha value is -3.90. The van der Waals surface area contributed by atoms with Gasteiger partial charge in [0, 0.05) is 49.9 Å². The number of furan rings is 1. The number of carbonyl (C=O) groups excluding carboxylic acids is 1. The highest BCUT2D eigenvalue weighted by atomic mass is 16.3. The Morgan fingerprint density at radius 1 is 1.17 bits per heavy atom. The number of hydrogen-bond donors (Lipinski definition) is 1. The number of nitriles is 1. The number of carbonyl (C=O) groups is 1. The molecule has 5 heterocycles. The lowest BCUT2D eigenvalue weighted by Gasteiger charge is -2.32. The number of likely N-dealkylation sites (N-methyl/N-ethyl adjacent to an activating group) is 1. The maximum Gasteiger partial charge on any atom is 0.264 e. The highest BCUT2D eigenvalue weighted by Gasteiger charge is 2.26. The standard InChI is InChI=1S/C27H29N7O2/c1-32-11-13-33(14-12-32)27(35)18(16-28)15-20-7-8-23(36-20)26-31-22-17-30-25-21(9-10-29-25)24(22)34(26)19-5-3-2-4-6-19/h7-10,15,17,19H,2-6,11-14H2,1H3,(H,29,30). The summed E-state index contributed by atoms with van der Waals surface area (Å²) in [4.78, 5) is 29.5. The molecule has 2 fully saturated rings. The van der Waals surface area contributed by atoms with Crippen LogP contribution in [0.3, 0.4) is 0 Å². The monoisotopic (exact) mass is 483 g/mol. The number of aromatic nitrogens is 4. The van der Waals surface area contributed by atoms with E-state index in [1.54, 1.807) is 17.0 Å². The second-order valence-electron chi connectivity index (χ2n) is 9.80. The number of pyridine rings is 1. The lowest BCUT2D eigenvalue weighted by molar-refractivity contribution is -0.128. The van der Waals surface area contributed by atoms with Gasteiger partial charge in [0.15, 0.2) is 11.6 Å². The maximum atomic E-state index is 12.9. The van der Waals surface area contributed by atoms with Crippen molar-refractivity contribution in [1.82, 2.24) is 29.3 Å². The van der Waals surface area contributed by atoms with Crippen LogP contribution in [0.2, 0.25) is 0 Å². The second-order valence-corrected chi connectivity index (χ2v) is 9.80. The third kappa shape index (κ3) is 3.97. The Labute approximate surface area is 209 Å². The van der Waals surface area contributed by atoms with E-state index >= 15 is 0 Å². The van der Waals surface area contributed by atoms with E-state index in [-0.39, 0.29) is 11.5 Å². The lowest BCUT2D eigenvalue weighted by atomic mass is 9.95. The highest BCUT2D eigenvalue weighted by molar-refractivity contribution is 6.03. The van der Waals surface area contributed by atoms with Gasteiger partial charge in [0.05, 0.1) is 11.7 Å². The van der Waals surface area contributed by atoms with Gasteiger partial charge < -0.3 is 23.8 Å². The van der Waals surface area contributed by atoms with E-state index in [2.05, 4.69) is 31.6 Å². The first-order valence-electron chi connectivity index (χ1n) is 12.7. The number of fused-ring (bicyclic) bond motifs is 3. The Morgan fingerprint density at radius 2 is 1.97 bits per heavy atom. The minimum absolute atomic E-state index is 0.0828. The first kappa shape index (κ1) is 22.6. The predicted octanol–water partition coefficient (Wildman–Crippen LogP) is 4.36. The van der Waals surface area contributed by atoms with Gasteiger partial charge in [0.1, 0.15) is 28.6 Å². The molecule has 2 aliphatic rings. The summed E-state index contributed by atoms with van der Waals surface area (Å²) >= 11 is 0. The van der Waals surface area contributed by atoms with Crippen molar-refractivity contribution >= 4 is 34.1 Å². The van der Waals surface area contributed by atoms with Crippen LogP contribution in [0.25, 0.3) is 39.7 Å². The molecule has 0 spiro atoms. The summed E-state index contributed by atoms with van der Waals surface area (Å²) in [6.07, 6.45) is 11.1. The molecule has 0 atom stereocenters. The number of hydrogen-bond acceptors (Lipinski definition) is 6. The molecule has 9 nitrogen and oxygen atoms in total.